The van der Waals surface area contributed by atoms with E-state index in [0.717, 1.165) is 0 Å². The van der Waals surface area contributed by atoms with Crippen molar-refractivity contribution >= 4 is 11.9 Å². The molecule has 1 aromatic heterocycles. The molecule has 1 saturated heterocycles. The summed E-state index contributed by atoms with van der Waals surface area (Å²) in [4.78, 5) is 12.9. The standard InChI is InChI=1S/C14H20F6N6O/c1-8(2)7-22-10-23-11(26-5-3-21-4-6-26)25-12(24-10)27-9(13(15,16)17)14(18,19)20/h8-9,21H,3-7H2,1-2H3,(H,22,23,24,25). The molecule has 1 fully saturated rings. The zero-order valence-corrected chi connectivity index (χ0v) is 14.7. The number of alkyl halides is 6. The first-order valence-electron chi connectivity index (χ1n) is 8.22. The van der Waals surface area contributed by atoms with Crippen molar-refractivity contribution in [1.82, 2.24) is 20.3 Å². The summed E-state index contributed by atoms with van der Waals surface area (Å²) in [7, 11) is 0. The van der Waals surface area contributed by atoms with Gasteiger partial charge in [-0.3, -0.25) is 0 Å². The molecule has 0 saturated carbocycles. The van der Waals surface area contributed by atoms with Crippen LogP contribution in [0.25, 0.3) is 0 Å². The minimum Gasteiger partial charge on any atom is -0.440 e. The Hall–Kier alpha value is -2.05. The highest BCUT2D eigenvalue weighted by molar-refractivity contribution is 5.39. The Bertz CT molecular complexity index is 603. The number of nitrogens with zero attached hydrogens (tertiary/aromatic N) is 4. The van der Waals surface area contributed by atoms with Crippen LogP contribution in [0, 0.1) is 5.92 Å². The first kappa shape index (κ1) is 21.3. The molecule has 1 aliphatic rings. The second kappa shape index (κ2) is 8.31. The fourth-order valence-electron chi connectivity index (χ4n) is 2.20. The monoisotopic (exact) mass is 402 g/mol. The number of hydrogen-bond donors (Lipinski definition) is 2. The molecule has 27 heavy (non-hydrogen) atoms. The number of rotatable bonds is 6. The third-order valence-electron chi connectivity index (χ3n) is 3.49. The lowest BCUT2D eigenvalue weighted by Crippen LogP contribution is -2.47. The van der Waals surface area contributed by atoms with Crippen molar-refractivity contribution in [2.45, 2.75) is 32.3 Å². The van der Waals surface area contributed by atoms with Crippen LogP contribution in [-0.4, -0.2) is 66.1 Å². The maximum Gasteiger partial charge on any atom is 0.434 e. The Kier molecular flexibility index (Phi) is 6.54. The van der Waals surface area contributed by atoms with E-state index in [1.165, 1.54) is 0 Å². The van der Waals surface area contributed by atoms with Crippen LogP contribution in [0.5, 0.6) is 6.01 Å². The molecule has 2 rings (SSSR count). The summed E-state index contributed by atoms with van der Waals surface area (Å²) in [5.41, 5.74) is 0. The quantitative estimate of drug-likeness (QED) is 0.707. The zero-order chi connectivity index (χ0) is 20.2. The van der Waals surface area contributed by atoms with Crippen molar-refractivity contribution in [3.63, 3.8) is 0 Å². The number of ether oxygens (including phenoxy) is 1. The minimum atomic E-state index is -5.66. The molecule has 2 N–H and O–H groups in total. The number of piperazine rings is 1. The van der Waals surface area contributed by atoms with Gasteiger partial charge in [0, 0.05) is 32.7 Å². The Balaban J connectivity index is 2.33. The number of halogens is 6. The first-order chi connectivity index (χ1) is 12.5. The summed E-state index contributed by atoms with van der Waals surface area (Å²) in [6.45, 7) is 6.13. The zero-order valence-electron chi connectivity index (χ0n) is 14.7. The molecule has 2 heterocycles. The molecule has 0 atom stereocenters. The topological polar surface area (TPSA) is 75.2 Å². The van der Waals surface area contributed by atoms with Crippen LogP contribution >= 0.6 is 0 Å². The Morgan fingerprint density at radius 2 is 1.63 bits per heavy atom. The smallest absolute Gasteiger partial charge is 0.434 e. The molecule has 154 valence electrons. The molecule has 0 amide bonds. The summed E-state index contributed by atoms with van der Waals surface area (Å²) in [5, 5.41) is 5.84. The third kappa shape index (κ3) is 6.26. The lowest BCUT2D eigenvalue weighted by atomic mass is 10.2. The Labute approximate surface area is 151 Å². The summed E-state index contributed by atoms with van der Waals surface area (Å²) in [5.74, 6) is -0.0481. The normalized spacial score (nSPS) is 16.1. The van der Waals surface area contributed by atoms with Gasteiger partial charge in [-0.25, -0.2) is 0 Å². The summed E-state index contributed by atoms with van der Waals surface area (Å²) in [6.07, 6.45) is -15.3. The number of nitrogens with one attached hydrogen (secondary N) is 2. The van der Waals surface area contributed by atoms with Crippen molar-refractivity contribution in [1.29, 1.82) is 0 Å². The summed E-state index contributed by atoms with van der Waals surface area (Å²) in [6, 6.07) is -1.04. The largest absolute Gasteiger partial charge is 0.440 e. The second-order valence-corrected chi connectivity index (χ2v) is 6.33. The van der Waals surface area contributed by atoms with Gasteiger partial charge in [0.25, 0.3) is 6.10 Å². The molecule has 13 heteroatoms. The van der Waals surface area contributed by atoms with Gasteiger partial charge in [0.1, 0.15) is 0 Å². The molecule has 1 aliphatic heterocycles. The molecule has 0 aliphatic carbocycles. The van der Waals surface area contributed by atoms with Gasteiger partial charge < -0.3 is 20.3 Å². The van der Waals surface area contributed by atoms with E-state index in [0.29, 0.717) is 32.7 Å². The van der Waals surface area contributed by atoms with Crippen molar-refractivity contribution in [2.24, 2.45) is 5.92 Å². The summed E-state index contributed by atoms with van der Waals surface area (Å²) < 4.78 is 80.7. The maximum absolute atomic E-state index is 12.8. The van der Waals surface area contributed by atoms with E-state index in [-0.39, 0.29) is 17.8 Å². The molecule has 0 unspecified atom stereocenters. The molecule has 7 nitrogen and oxygen atoms in total. The average molecular weight is 402 g/mol. The predicted molar refractivity (Wildman–Crippen MR) is 84.8 cm³/mol. The Morgan fingerprint density at radius 3 is 2.15 bits per heavy atom. The van der Waals surface area contributed by atoms with Gasteiger partial charge in [-0.05, 0) is 5.92 Å². The van der Waals surface area contributed by atoms with Crippen LogP contribution in [0.1, 0.15) is 13.8 Å². The van der Waals surface area contributed by atoms with Crippen LogP contribution in [0.4, 0.5) is 38.2 Å². The van der Waals surface area contributed by atoms with E-state index in [4.69, 9.17) is 0 Å². The van der Waals surface area contributed by atoms with E-state index in [2.05, 4.69) is 30.3 Å². The number of hydrogen-bond acceptors (Lipinski definition) is 7. The fourth-order valence-corrected chi connectivity index (χ4v) is 2.20. The SMILES string of the molecule is CC(C)CNc1nc(OC(C(F)(F)F)C(F)(F)F)nc(N2CCNCC2)n1. The molecular formula is C14H20F6N6O. The molecule has 1 aromatic rings. The van der Waals surface area contributed by atoms with Gasteiger partial charge in [0.15, 0.2) is 0 Å². The number of aromatic nitrogens is 3. The van der Waals surface area contributed by atoms with Crippen LogP contribution in [0.3, 0.4) is 0 Å². The highest BCUT2D eigenvalue weighted by Gasteiger charge is 2.59. The highest BCUT2D eigenvalue weighted by Crippen LogP contribution is 2.36. The minimum absolute atomic E-state index is 0.0455. The van der Waals surface area contributed by atoms with E-state index in [9.17, 15) is 26.3 Å². The maximum atomic E-state index is 12.8. The van der Waals surface area contributed by atoms with E-state index in [1.54, 1.807) is 4.90 Å². The average Bonchev–Trinajstić information content (AvgIpc) is 2.56. The molecule has 0 spiro atoms. The van der Waals surface area contributed by atoms with Gasteiger partial charge >= 0.3 is 18.4 Å². The molecule has 0 radical (unpaired) electrons. The molecule has 0 aromatic carbocycles. The molecular weight excluding hydrogens is 382 g/mol. The lowest BCUT2D eigenvalue weighted by Gasteiger charge is -2.28. The number of anilines is 2. The van der Waals surface area contributed by atoms with Gasteiger partial charge in [-0.1, -0.05) is 13.8 Å². The van der Waals surface area contributed by atoms with E-state index < -0.39 is 24.5 Å². The highest BCUT2D eigenvalue weighted by atomic mass is 19.4. The molecule has 0 bridgehead atoms. The van der Waals surface area contributed by atoms with Crippen molar-refractivity contribution < 1.29 is 31.1 Å². The van der Waals surface area contributed by atoms with Gasteiger partial charge in [-0.15, -0.1) is 0 Å². The van der Waals surface area contributed by atoms with Crippen molar-refractivity contribution in [3.05, 3.63) is 0 Å². The second-order valence-electron chi connectivity index (χ2n) is 6.33. The van der Waals surface area contributed by atoms with Crippen molar-refractivity contribution in [2.75, 3.05) is 42.9 Å². The van der Waals surface area contributed by atoms with Gasteiger partial charge in [0.2, 0.25) is 11.9 Å². The van der Waals surface area contributed by atoms with Gasteiger partial charge in [-0.2, -0.15) is 41.3 Å². The third-order valence-corrected chi connectivity index (χ3v) is 3.49. The lowest BCUT2D eigenvalue weighted by molar-refractivity contribution is -0.301. The van der Waals surface area contributed by atoms with Crippen molar-refractivity contribution in [3.8, 4) is 6.01 Å². The Morgan fingerprint density at radius 1 is 1.04 bits per heavy atom. The van der Waals surface area contributed by atoms with Crippen LogP contribution in [0.2, 0.25) is 0 Å². The van der Waals surface area contributed by atoms with Crippen LogP contribution < -0.4 is 20.3 Å². The summed E-state index contributed by atoms with van der Waals surface area (Å²) >= 11 is 0. The van der Waals surface area contributed by atoms with Crippen LogP contribution in [0.15, 0.2) is 0 Å². The van der Waals surface area contributed by atoms with E-state index >= 15 is 0 Å². The van der Waals surface area contributed by atoms with Crippen LogP contribution in [-0.2, 0) is 0 Å². The van der Waals surface area contributed by atoms with E-state index in [1.807, 2.05) is 13.8 Å². The van der Waals surface area contributed by atoms with Gasteiger partial charge in [0.05, 0.1) is 0 Å². The first-order valence-corrected chi connectivity index (χ1v) is 8.22. The fraction of sp³-hybridized carbons (Fsp3) is 0.786. The predicted octanol–water partition coefficient (Wildman–Crippen LogP) is 2.22.